The van der Waals surface area contributed by atoms with Gasteiger partial charge in [0.25, 0.3) is 0 Å². The molecule has 0 spiro atoms. The van der Waals surface area contributed by atoms with E-state index in [9.17, 15) is 0 Å². The van der Waals surface area contributed by atoms with Gasteiger partial charge in [0.05, 0.1) is 12.7 Å². The topological polar surface area (TPSA) is 121 Å². The Morgan fingerprint density at radius 2 is 1.80 bits per heavy atom. The third kappa shape index (κ3) is 17.8. The molecule has 7 nitrogen and oxygen atoms in total. The molecule has 0 radical (unpaired) electrons. The van der Waals surface area contributed by atoms with E-state index in [-0.39, 0.29) is 19.0 Å². The molecule has 1 aliphatic heterocycles. The molecule has 2 rings (SSSR count). The Balaban J connectivity index is 0. The van der Waals surface area contributed by atoms with E-state index in [0.717, 1.165) is 31.4 Å². The van der Waals surface area contributed by atoms with E-state index in [2.05, 4.69) is 25.6 Å². The SMILES string of the molecule is C=CC1OCC(CCCCO)O1.Cc1ccccc1.N=C=O.N=C=O. The van der Waals surface area contributed by atoms with Crippen LogP contribution in [0.2, 0.25) is 0 Å². The smallest absolute Gasteiger partial charge is 0.231 e. The van der Waals surface area contributed by atoms with Crippen molar-refractivity contribution in [2.75, 3.05) is 13.2 Å². The number of carbonyl (C=O) groups excluding carboxylic acids is 2. The highest BCUT2D eigenvalue weighted by molar-refractivity contribution is 5.26. The quantitative estimate of drug-likeness (QED) is 0.326. The molecule has 1 heterocycles. The van der Waals surface area contributed by atoms with Crippen LogP contribution in [0.3, 0.4) is 0 Å². The molecule has 1 saturated heterocycles. The molecule has 2 atom stereocenters. The molecule has 0 aromatic heterocycles. The van der Waals surface area contributed by atoms with Gasteiger partial charge in [-0.05, 0) is 32.3 Å². The molecule has 0 amide bonds. The molecular weight excluding hydrogens is 324 g/mol. The summed E-state index contributed by atoms with van der Waals surface area (Å²) in [7, 11) is 0. The van der Waals surface area contributed by atoms with Crippen LogP contribution in [0.25, 0.3) is 0 Å². The second-order valence-corrected chi connectivity index (χ2v) is 4.77. The van der Waals surface area contributed by atoms with Crippen molar-refractivity contribution in [3.63, 3.8) is 0 Å². The predicted molar refractivity (Wildman–Crippen MR) is 93.8 cm³/mol. The lowest BCUT2D eigenvalue weighted by Crippen LogP contribution is -2.10. The highest BCUT2D eigenvalue weighted by Gasteiger charge is 2.22. The largest absolute Gasteiger partial charge is 0.396 e. The average Bonchev–Trinajstić information content (AvgIpc) is 3.06. The van der Waals surface area contributed by atoms with E-state index >= 15 is 0 Å². The average molecular weight is 350 g/mol. The lowest BCUT2D eigenvalue weighted by atomic mass is 10.2. The van der Waals surface area contributed by atoms with Crippen LogP contribution in [0.1, 0.15) is 24.8 Å². The van der Waals surface area contributed by atoms with Gasteiger partial charge in [-0.3, -0.25) is 0 Å². The molecular formula is C18H26N2O5. The number of aliphatic hydroxyl groups excluding tert-OH is 1. The Kier molecular flexibility index (Phi) is 19.5. The standard InChI is InChI=1S/C9H16O3.C7H8.2CHNO/c1-2-9-11-7-8(12-9)5-3-4-6-10;1-7-5-3-2-4-6-7;2*2-1-3/h2,8-10H,1,3-7H2;2-6H,1H3;2*2H. The van der Waals surface area contributed by atoms with Crippen molar-refractivity contribution in [3.8, 4) is 0 Å². The normalized spacial score (nSPS) is 17.0. The summed E-state index contributed by atoms with van der Waals surface area (Å²) in [4.78, 5) is 16.7. The van der Waals surface area contributed by atoms with E-state index in [4.69, 9.17) is 35.0 Å². The number of hydrogen-bond donors (Lipinski definition) is 3. The number of unbranched alkanes of at least 4 members (excludes halogenated alkanes) is 1. The second-order valence-electron chi connectivity index (χ2n) is 4.77. The summed E-state index contributed by atoms with van der Waals surface area (Å²) in [6.45, 7) is 6.58. The van der Waals surface area contributed by atoms with Gasteiger partial charge in [0, 0.05) is 6.61 Å². The van der Waals surface area contributed by atoms with Crippen molar-refractivity contribution >= 4 is 12.2 Å². The van der Waals surface area contributed by atoms with Crippen molar-refractivity contribution < 1.29 is 24.2 Å². The highest BCUT2D eigenvalue weighted by Crippen LogP contribution is 2.16. The van der Waals surface area contributed by atoms with Gasteiger partial charge >= 0.3 is 0 Å². The molecule has 25 heavy (non-hydrogen) atoms. The Bertz CT molecular complexity index is 483. The zero-order chi connectivity index (χ0) is 19.3. The number of benzene rings is 1. The second kappa shape index (κ2) is 19.6. The lowest BCUT2D eigenvalue weighted by molar-refractivity contribution is -0.0210. The van der Waals surface area contributed by atoms with Crippen molar-refractivity contribution in [3.05, 3.63) is 48.6 Å². The summed E-state index contributed by atoms with van der Waals surface area (Å²) < 4.78 is 10.7. The van der Waals surface area contributed by atoms with Crippen LogP contribution in [-0.4, -0.2) is 42.9 Å². The molecule has 138 valence electrons. The first-order chi connectivity index (χ1) is 12.1. The summed E-state index contributed by atoms with van der Waals surface area (Å²) in [5, 5.41) is 19.4. The number of hydrogen-bond acceptors (Lipinski definition) is 7. The van der Waals surface area contributed by atoms with Crippen molar-refractivity contribution in [1.29, 1.82) is 10.8 Å². The van der Waals surface area contributed by atoms with Crippen molar-refractivity contribution in [1.82, 2.24) is 0 Å². The summed E-state index contributed by atoms with van der Waals surface area (Å²) in [5.41, 5.74) is 1.32. The Morgan fingerprint density at radius 3 is 2.16 bits per heavy atom. The highest BCUT2D eigenvalue weighted by atomic mass is 16.7. The first-order valence-electron chi connectivity index (χ1n) is 7.69. The number of aliphatic hydroxyl groups is 1. The molecule has 0 bridgehead atoms. The zero-order valence-electron chi connectivity index (χ0n) is 14.4. The van der Waals surface area contributed by atoms with E-state index in [1.54, 1.807) is 6.08 Å². The monoisotopic (exact) mass is 350 g/mol. The van der Waals surface area contributed by atoms with Crippen LogP contribution in [0.5, 0.6) is 0 Å². The van der Waals surface area contributed by atoms with E-state index in [1.165, 1.54) is 5.56 Å². The van der Waals surface area contributed by atoms with Gasteiger partial charge in [-0.25, -0.2) is 20.4 Å². The van der Waals surface area contributed by atoms with Crippen LogP contribution >= 0.6 is 0 Å². The van der Waals surface area contributed by atoms with Gasteiger partial charge in [-0.1, -0.05) is 42.5 Å². The summed E-state index contributed by atoms with van der Waals surface area (Å²) in [6.07, 6.45) is 5.94. The molecule has 3 N–H and O–H groups in total. The minimum atomic E-state index is -0.218. The van der Waals surface area contributed by atoms with E-state index in [0.29, 0.717) is 6.61 Å². The summed E-state index contributed by atoms with van der Waals surface area (Å²) in [6, 6.07) is 10.3. The summed E-state index contributed by atoms with van der Waals surface area (Å²) >= 11 is 0. The van der Waals surface area contributed by atoms with Gasteiger partial charge in [0.1, 0.15) is 0 Å². The molecule has 1 aromatic carbocycles. The maximum atomic E-state index is 8.55. The number of isocyanates is 2. The molecule has 1 aliphatic rings. The molecule has 0 aliphatic carbocycles. The van der Waals surface area contributed by atoms with Crippen LogP contribution in [0.15, 0.2) is 43.0 Å². The van der Waals surface area contributed by atoms with Gasteiger partial charge in [0.2, 0.25) is 12.2 Å². The predicted octanol–water partition coefficient (Wildman–Crippen LogP) is 2.87. The third-order valence-corrected chi connectivity index (χ3v) is 2.84. The van der Waals surface area contributed by atoms with Gasteiger partial charge in [-0.2, -0.15) is 0 Å². The lowest BCUT2D eigenvalue weighted by Gasteiger charge is -2.07. The fourth-order valence-corrected chi connectivity index (χ4v) is 1.76. The first kappa shape index (κ1) is 24.8. The minimum Gasteiger partial charge on any atom is -0.396 e. The zero-order valence-corrected chi connectivity index (χ0v) is 14.4. The number of nitrogens with one attached hydrogen (secondary N) is 2. The van der Waals surface area contributed by atoms with Crippen LogP contribution < -0.4 is 0 Å². The Morgan fingerprint density at radius 1 is 1.24 bits per heavy atom. The van der Waals surface area contributed by atoms with Gasteiger partial charge < -0.3 is 14.6 Å². The number of ether oxygens (including phenoxy) is 2. The van der Waals surface area contributed by atoms with E-state index < -0.39 is 0 Å². The first-order valence-corrected chi connectivity index (χ1v) is 7.69. The molecule has 0 saturated carbocycles. The molecule has 1 aromatic rings. The van der Waals surface area contributed by atoms with Crippen LogP contribution in [0, 0.1) is 17.7 Å². The Hall–Kier alpha value is -2.40. The Labute approximate surface area is 148 Å². The molecule has 1 fully saturated rings. The minimum absolute atomic E-state index is 0.194. The number of aryl methyl sites for hydroxylation is 1. The molecule has 7 heteroatoms. The van der Waals surface area contributed by atoms with Crippen LogP contribution in [0.4, 0.5) is 0 Å². The third-order valence-electron chi connectivity index (χ3n) is 2.84. The maximum Gasteiger partial charge on any atom is 0.231 e. The fraction of sp³-hybridized carbons (Fsp3) is 0.444. The molecule has 2 unspecified atom stereocenters. The fourth-order valence-electron chi connectivity index (χ4n) is 1.76. The van der Waals surface area contributed by atoms with Crippen LogP contribution in [-0.2, 0) is 19.1 Å². The summed E-state index contributed by atoms with van der Waals surface area (Å²) in [5.74, 6) is 0. The van der Waals surface area contributed by atoms with Gasteiger partial charge in [-0.15, -0.1) is 0 Å². The van der Waals surface area contributed by atoms with Crippen molar-refractivity contribution in [2.24, 2.45) is 0 Å². The van der Waals surface area contributed by atoms with Gasteiger partial charge in [0.15, 0.2) is 6.29 Å². The number of rotatable bonds is 5. The van der Waals surface area contributed by atoms with Crippen molar-refractivity contribution in [2.45, 2.75) is 38.6 Å². The maximum absolute atomic E-state index is 8.55. The van der Waals surface area contributed by atoms with E-state index in [1.807, 2.05) is 18.2 Å².